The fourth-order valence-corrected chi connectivity index (χ4v) is 5.76. The van der Waals surface area contributed by atoms with E-state index in [-0.39, 0.29) is 17.2 Å². The summed E-state index contributed by atoms with van der Waals surface area (Å²) in [6.45, 7) is 0. The molecule has 2 fully saturated rings. The number of nitro groups is 1. The average molecular weight is 495 g/mol. The second-order valence-electron chi connectivity index (χ2n) is 9.21. The Hall–Kier alpha value is -4.79. The van der Waals surface area contributed by atoms with Crippen LogP contribution in [0.15, 0.2) is 79.0 Å². The minimum absolute atomic E-state index is 0.145. The number of fused-ring (bicyclic) bond motifs is 5. The molecule has 3 aliphatic rings. The number of rotatable bonds is 5. The lowest BCUT2D eigenvalue weighted by Gasteiger charge is -2.35. The van der Waals surface area contributed by atoms with Gasteiger partial charge in [-0.25, -0.2) is 4.90 Å². The molecule has 3 aliphatic heterocycles. The fraction of sp³-hybridized carbons (Fsp3) is 0.179. The van der Waals surface area contributed by atoms with Crippen LogP contribution < -0.4 is 9.64 Å². The van der Waals surface area contributed by atoms with Gasteiger partial charge in [0.05, 0.1) is 35.6 Å². The molecular weight excluding hydrogens is 474 g/mol. The number of methoxy groups -OCH3 is 1. The van der Waals surface area contributed by atoms with Gasteiger partial charge in [-0.1, -0.05) is 24.3 Å². The van der Waals surface area contributed by atoms with Crippen molar-refractivity contribution in [3.05, 3.63) is 106 Å². The first-order valence-electron chi connectivity index (χ1n) is 11.8. The highest BCUT2D eigenvalue weighted by atomic mass is 16.6. The van der Waals surface area contributed by atoms with Gasteiger partial charge in [-0.15, -0.1) is 0 Å². The maximum Gasteiger partial charge on any atom is 0.269 e. The molecule has 6 rings (SSSR count). The second-order valence-corrected chi connectivity index (χ2v) is 9.21. The van der Waals surface area contributed by atoms with Gasteiger partial charge in [-0.05, 0) is 53.6 Å². The number of nitrogens with zero attached hydrogens (tertiary/aromatic N) is 3. The Kier molecular flexibility index (Phi) is 5.15. The van der Waals surface area contributed by atoms with E-state index in [0.29, 0.717) is 11.3 Å². The molecule has 0 N–H and O–H groups in total. The maximum atomic E-state index is 13.9. The molecule has 0 unspecified atom stereocenters. The van der Waals surface area contributed by atoms with Gasteiger partial charge < -0.3 is 9.64 Å². The third kappa shape index (κ3) is 3.35. The third-order valence-corrected chi connectivity index (χ3v) is 7.42. The van der Waals surface area contributed by atoms with E-state index in [9.17, 15) is 24.5 Å². The maximum absolute atomic E-state index is 13.9. The van der Waals surface area contributed by atoms with Crippen molar-refractivity contribution in [1.82, 2.24) is 4.90 Å². The highest BCUT2D eigenvalue weighted by Gasteiger charge is 2.64. The normalized spacial score (nSPS) is 23.5. The number of anilines is 1. The minimum atomic E-state index is -0.918. The lowest BCUT2D eigenvalue weighted by molar-refractivity contribution is -0.384. The van der Waals surface area contributed by atoms with Crippen LogP contribution in [0.4, 0.5) is 11.4 Å². The van der Waals surface area contributed by atoms with Gasteiger partial charge in [0.1, 0.15) is 11.8 Å². The standard InChI is InChI=1S/C28H21N3O6/c1-37-20-12-6-17(7-13-20)26(32)25-23-22(24-21-5-3-2-4-16(21)14-15-29(24)25)27(33)30(28(23)34)18-8-10-19(11-9-18)31(35)36/h2-15,22-25H,1H3/t22-,23+,24+,25+/m0/s1. The van der Waals surface area contributed by atoms with Crippen molar-refractivity contribution in [2.45, 2.75) is 12.1 Å². The Morgan fingerprint density at radius 2 is 1.59 bits per heavy atom. The van der Waals surface area contributed by atoms with E-state index in [1.165, 1.54) is 31.4 Å². The first kappa shape index (κ1) is 22.7. The number of ether oxygens (including phenoxy) is 1. The summed E-state index contributed by atoms with van der Waals surface area (Å²) in [7, 11) is 1.54. The smallest absolute Gasteiger partial charge is 0.269 e. The highest BCUT2D eigenvalue weighted by Crippen LogP contribution is 2.53. The van der Waals surface area contributed by atoms with Crippen molar-refractivity contribution in [2.75, 3.05) is 12.0 Å². The quantitative estimate of drug-likeness (QED) is 0.228. The number of Topliss-reactive ketones (excluding diaryl/α,β-unsaturated/α-hetero) is 1. The molecule has 0 spiro atoms. The van der Waals surface area contributed by atoms with Gasteiger partial charge in [-0.2, -0.15) is 0 Å². The van der Waals surface area contributed by atoms with Crippen LogP contribution in [0.3, 0.4) is 0 Å². The van der Waals surface area contributed by atoms with Gasteiger partial charge in [0.2, 0.25) is 11.8 Å². The van der Waals surface area contributed by atoms with E-state index in [0.717, 1.165) is 16.0 Å². The van der Waals surface area contributed by atoms with E-state index in [1.54, 1.807) is 30.5 Å². The first-order valence-corrected chi connectivity index (χ1v) is 11.8. The number of carbonyl (C=O) groups is 3. The molecule has 184 valence electrons. The average Bonchev–Trinajstić information content (AvgIpc) is 3.40. The van der Waals surface area contributed by atoms with Crippen LogP contribution in [0, 0.1) is 22.0 Å². The SMILES string of the molecule is COc1ccc(C(=O)[C@H]2[C@@H]3C(=O)N(c4ccc([N+](=O)[O-])cc4)C(=O)[C@@H]3[C@H]3c4ccccc4C=CN32)cc1. The largest absolute Gasteiger partial charge is 0.497 e. The topological polar surface area (TPSA) is 110 Å². The molecule has 2 saturated heterocycles. The molecule has 0 aliphatic carbocycles. The minimum Gasteiger partial charge on any atom is -0.497 e. The van der Waals surface area contributed by atoms with E-state index in [1.807, 2.05) is 35.2 Å². The van der Waals surface area contributed by atoms with Crippen molar-refractivity contribution in [3.8, 4) is 5.75 Å². The lowest BCUT2D eigenvalue weighted by atomic mass is 9.83. The van der Waals surface area contributed by atoms with E-state index < -0.39 is 40.7 Å². The van der Waals surface area contributed by atoms with E-state index in [4.69, 9.17) is 4.74 Å². The highest BCUT2D eigenvalue weighted by molar-refractivity contribution is 6.24. The van der Waals surface area contributed by atoms with Gasteiger partial charge in [0.15, 0.2) is 5.78 Å². The number of carbonyl (C=O) groups excluding carboxylic acids is 3. The zero-order valence-corrected chi connectivity index (χ0v) is 19.7. The van der Waals surface area contributed by atoms with Crippen LogP contribution in [0.2, 0.25) is 0 Å². The number of amides is 2. The van der Waals surface area contributed by atoms with Gasteiger partial charge in [0, 0.05) is 23.9 Å². The number of non-ortho nitro benzene ring substituents is 1. The van der Waals surface area contributed by atoms with Crippen molar-refractivity contribution in [3.63, 3.8) is 0 Å². The summed E-state index contributed by atoms with van der Waals surface area (Å²) in [5.41, 5.74) is 2.31. The van der Waals surface area contributed by atoms with Gasteiger partial charge in [0.25, 0.3) is 5.69 Å². The monoisotopic (exact) mass is 495 g/mol. The lowest BCUT2D eigenvalue weighted by Crippen LogP contribution is -2.44. The molecule has 0 saturated carbocycles. The Morgan fingerprint density at radius 1 is 0.919 bits per heavy atom. The number of hydrogen-bond acceptors (Lipinski definition) is 7. The number of ketones is 1. The predicted molar refractivity (Wildman–Crippen MR) is 134 cm³/mol. The molecule has 3 aromatic rings. The second kappa shape index (κ2) is 8.41. The number of imide groups is 1. The molecule has 0 radical (unpaired) electrons. The molecule has 2 amide bonds. The summed E-state index contributed by atoms with van der Waals surface area (Å²) in [5.74, 6) is -2.29. The van der Waals surface area contributed by atoms with Crippen LogP contribution in [-0.2, 0) is 9.59 Å². The molecule has 37 heavy (non-hydrogen) atoms. The fourth-order valence-electron chi connectivity index (χ4n) is 5.76. The number of hydrogen-bond donors (Lipinski definition) is 0. The Balaban J connectivity index is 1.45. The zero-order valence-electron chi connectivity index (χ0n) is 19.7. The van der Waals surface area contributed by atoms with Crippen LogP contribution in [0.1, 0.15) is 27.5 Å². The van der Waals surface area contributed by atoms with Crippen LogP contribution in [0.25, 0.3) is 6.08 Å². The summed E-state index contributed by atoms with van der Waals surface area (Å²) in [6.07, 6.45) is 3.69. The van der Waals surface area contributed by atoms with Crippen molar-refractivity contribution < 1.29 is 24.0 Å². The Bertz CT molecular complexity index is 1480. The third-order valence-electron chi connectivity index (χ3n) is 7.42. The van der Waals surface area contributed by atoms with Crippen LogP contribution in [0.5, 0.6) is 5.75 Å². The summed E-state index contributed by atoms with van der Waals surface area (Å²) in [5, 5.41) is 11.1. The first-order chi connectivity index (χ1) is 17.9. The van der Waals surface area contributed by atoms with Gasteiger partial charge in [-0.3, -0.25) is 24.5 Å². The Labute approximate surface area is 211 Å². The molecule has 3 aromatic carbocycles. The summed E-state index contributed by atoms with van der Waals surface area (Å²) >= 11 is 0. The number of nitro benzene ring substituents is 1. The zero-order chi connectivity index (χ0) is 25.8. The molecule has 9 heteroatoms. The summed E-state index contributed by atoms with van der Waals surface area (Å²) in [4.78, 5) is 55.1. The van der Waals surface area contributed by atoms with Gasteiger partial charge >= 0.3 is 0 Å². The van der Waals surface area contributed by atoms with E-state index >= 15 is 0 Å². The molecular formula is C28H21N3O6. The molecule has 0 bridgehead atoms. The van der Waals surface area contributed by atoms with Crippen molar-refractivity contribution in [2.24, 2.45) is 11.8 Å². The molecule has 9 nitrogen and oxygen atoms in total. The van der Waals surface area contributed by atoms with Crippen LogP contribution >= 0.6 is 0 Å². The summed E-state index contributed by atoms with van der Waals surface area (Å²) in [6, 6.07) is 18.2. The summed E-state index contributed by atoms with van der Waals surface area (Å²) < 4.78 is 5.21. The van der Waals surface area contributed by atoms with E-state index in [2.05, 4.69) is 0 Å². The Morgan fingerprint density at radius 3 is 2.27 bits per heavy atom. The van der Waals surface area contributed by atoms with Crippen LogP contribution in [-0.4, -0.2) is 40.6 Å². The number of benzene rings is 3. The molecule has 4 atom stereocenters. The predicted octanol–water partition coefficient (Wildman–Crippen LogP) is 4.00. The van der Waals surface area contributed by atoms with Crippen molar-refractivity contribution in [1.29, 1.82) is 0 Å². The van der Waals surface area contributed by atoms with Crippen molar-refractivity contribution >= 4 is 35.0 Å². The molecule has 0 aromatic heterocycles. The molecule has 3 heterocycles.